The molecule has 3 nitrogen and oxygen atoms in total. The van der Waals surface area contributed by atoms with Crippen molar-refractivity contribution in [3.8, 4) is 11.5 Å². The number of ether oxygens (including phenoxy) is 2. The molecule has 0 aliphatic rings. The normalized spacial score (nSPS) is 10.4. The van der Waals surface area contributed by atoms with Crippen LogP contribution in [0.5, 0.6) is 11.5 Å². The minimum atomic E-state index is -0.212. The van der Waals surface area contributed by atoms with Crippen LogP contribution in [0, 0.1) is 0 Å². The van der Waals surface area contributed by atoms with Crippen LogP contribution < -0.4 is 9.47 Å². The van der Waals surface area contributed by atoms with E-state index in [2.05, 4.69) is 15.9 Å². The Morgan fingerprint density at radius 1 is 1.22 bits per heavy atom. The number of esters is 1. The number of benzene rings is 1. The van der Waals surface area contributed by atoms with Gasteiger partial charge in [-0.15, -0.1) is 0 Å². The fraction of sp³-hybridized carbons (Fsp3) is 0.500. The number of hydrogen-bond acceptors (Lipinski definition) is 3. The maximum absolute atomic E-state index is 11.6. The van der Waals surface area contributed by atoms with E-state index in [9.17, 15) is 4.79 Å². The molecule has 0 spiro atoms. The van der Waals surface area contributed by atoms with E-state index in [4.69, 9.17) is 9.47 Å². The van der Waals surface area contributed by atoms with Crippen molar-refractivity contribution in [3.05, 3.63) is 24.3 Å². The summed E-state index contributed by atoms with van der Waals surface area (Å²) in [6.45, 7) is 3.88. The molecule has 0 amide bonds. The van der Waals surface area contributed by atoms with Crippen LogP contribution >= 0.6 is 15.9 Å². The van der Waals surface area contributed by atoms with Gasteiger partial charge in [-0.05, 0) is 38.8 Å². The highest BCUT2D eigenvalue weighted by molar-refractivity contribution is 9.09. The van der Waals surface area contributed by atoms with Crippen molar-refractivity contribution in [1.29, 1.82) is 0 Å². The first-order valence-electron chi connectivity index (χ1n) is 6.16. The van der Waals surface area contributed by atoms with Gasteiger partial charge < -0.3 is 9.47 Å². The van der Waals surface area contributed by atoms with Crippen molar-refractivity contribution in [3.63, 3.8) is 0 Å². The number of carbonyl (C=O) groups is 1. The average Bonchev–Trinajstić information content (AvgIpc) is 2.31. The molecule has 0 aromatic heterocycles. The summed E-state index contributed by atoms with van der Waals surface area (Å²) in [6, 6.07) is 7.25. The van der Waals surface area contributed by atoms with Gasteiger partial charge in [-0.2, -0.15) is 0 Å². The van der Waals surface area contributed by atoms with Crippen LogP contribution in [-0.4, -0.2) is 17.4 Å². The van der Waals surface area contributed by atoms with E-state index >= 15 is 0 Å². The van der Waals surface area contributed by atoms with E-state index in [0.29, 0.717) is 17.9 Å². The van der Waals surface area contributed by atoms with E-state index in [1.165, 1.54) is 0 Å². The zero-order valence-electron chi connectivity index (χ0n) is 10.8. The van der Waals surface area contributed by atoms with E-state index < -0.39 is 0 Å². The lowest BCUT2D eigenvalue weighted by Gasteiger charge is -2.13. The number of halogens is 1. The van der Waals surface area contributed by atoms with E-state index in [0.717, 1.165) is 18.2 Å². The highest BCUT2D eigenvalue weighted by atomic mass is 79.9. The van der Waals surface area contributed by atoms with Gasteiger partial charge in [-0.1, -0.05) is 28.1 Å². The third-order valence-corrected chi connectivity index (χ3v) is 2.76. The molecule has 1 rings (SSSR count). The van der Waals surface area contributed by atoms with Crippen LogP contribution in [0.25, 0.3) is 0 Å². The lowest BCUT2D eigenvalue weighted by atomic mass is 10.2. The minimum absolute atomic E-state index is 0.0539. The minimum Gasteiger partial charge on any atom is -0.487 e. The Balaban J connectivity index is 2.57. The molecule has 1 aromatic rings. The third kappa shape index (κ3) is 5.54. The zero-order chi connectivity index (χ0) is 13.4. The topological polar surface area (TPSA) is 35.5 Å². The Kier molecular flexibility index (Phi) is 6.80. The predicted molar refractivity (Wildman–Crippen MR) is 75.5 cm³/mol. The molecular formula is C14H19BrO3. The number of alkyl halides is 1. The molecule has 18 heavy (non-hydrogen) atoms. The standard InChI is InChI=1S/C14H19BrO3/c1-11(2)17-12-7-3-4-8-13(12)18-14(16)9-5-6-10-15/h3-4,7-8,11H,5-6,9-10H2,1-2H3. The monoisotopic (exact) mass is 314 g/mol. The molecule has 100 valence electrons. The molecule has 0 aliphatic heterocycles. The van der Waals surface area contributed by atoms with Crippen molar-refractivity contribution in [2.24, 2.45) is 0 Å². The first-order valence-corrected chi connectivity index (χ1v) is 7.28. The molecule has 0 fully saturated rings. The Morgan fingerprint density at radius 3 is 2.50 bits per heavy atom. The number of hydrogen-bond donors (Lipinski definition) is 0. The highest BCUT2D eigenvalue weighted by Gasteiger charge is 2.10. The maximum atomic E-state index is 11.6. The van der Waals surface area contributed by atoms with Crippen molar-refractivity contribution in [2.45, 2.75) is 39.2 Å². The van der Waals surface area contributed by atoms with Gasteiger partial charge in [-0.25, -0.2) is 0 Å². The van der Waals surface area contributed by atoms with Crippen molar-refractivity contribution in [1.82, 2.24) is 0 Å². The fourth-order valence-corrected chi connectivity index (χ4v) is 1.82. The summed E-state index contributed by atoms with van der Waals surface area (Å²) < 4.78 is 10.9. The van der Waals surface area contributed by atoms with Gasteiger partial charge in [0.05, 0.1) is 6.10 Å². The largest absolute Gasteiger partial charge is 0.487 e. The van der Waals surface area contributed by atoms with Crippen LogP contribution in [0.4, 0.5) is 0 Å². The Hall–Kier alpha value is -1.03. The molecule has 1 aromatic carbocycles. The van der Waals surface area contributed by atoms with E-state index in [-0.39, 0.29) is 12.1 Å². The van der Waals surface area contributed by atoms with Crippen LogP contribution in [0.3, 0.4) is 0 Å². The van der Waals surface area contributed by atoms with Gasteiger partial charge >= 0.3 is 5.97 Å². The Morgan fingerprint density at radius 2 is 1.89 bits per heavy atom. The Bertz CT molecular complexity index is 377. The van der Waals surface area contributed by atoms with Gasteiger partial charge in [0.15, 0.2) is 11.5 Å². The Labute approximate surface area is 117 Å². The second-order valence-corrected chi connectivity index (χ2v) is 5.03. The van der Waals surface area contributed by atoms with Crippen LogP contribution in [0.1, 0.15) is 33.1 Å². The highest BCUT2D eigenvalue weighted by Crippen LogP contribution is 2.27. The zero-order valence-corrected chi connectivity index (χ0v) is 12.4. The molecule has 0 radical (unpaired) electrons. The van der Waals surface area contributed by atoms with Gasteiger partial charge in [-0.3, -0.25) is 4.79 Å². The second-order valence-electron chi connectivity index (χ2n) is 4.23. The molecule has 0 N–H and O–H groups in total. The molecule has 0 unspecified atom stereocenters. The second kappa shape index (κ2) is 8.14. The van der Waals surface area contributed by atoms with Gasteiger partial charge in [0.2, 0.25) is 0 Å². The quantitative estimate of drug-likeness (QED) is 0.331. The maximum Gasteiger partial charge on any atom is 0.311 e. The molecule has 0 atom stereocenters. The van der Waals surface area contributed by atoms with Gasteiger partial charge in [0, 0.05) is 11.8 Å². The van der Waals surface area contributed by atoms with Crippen LogP contribution in [0.2, 0.25) is 0 Å². The lowest BCUT2D eigenvalue weighted by molar-refractivity contribution is -0.134. The summed E-state index contributed by atoms with van der Waals surface area (Å²) in [4.78, 5) is 11.6. The van der Waals surface area contributed by atoms with Gasteiger partial charge in [0.1, 0.15) is 0 Å². The van der Waals surface area contributed by atoms with E-state index in [1.807, 2.05) is 26.0 Å². The number of para-hydroxylation sites is 2. The number of unbranched alkanes of at least 4 members (excludes halogenated alkanes) is 1. The fourth-order valence-electron chi connectivity index (χ4n) is 1.42. The molecule has 0 heterocycles. The van der Waals surface area contributed by atoms with Crippen molar-refractivity contribution in [2.75, 3.05) is 5.33 Å². The summed E-state index contributed by atoms with van der Waals surface area (Å²) in [5.41, 5.74) is 0. The van der Waals surface area contributed by atoms with Gasteiger partial charge in [0.25, 0.3) is 0 Å². The third-order valence-electron chi connectivity index (χ3n) is 2.20. The SMILES string of the molecule is CC(C)Oc1ccccc1OC(=O)CCCCBr. The summed E-state index contributed by atoms with van der Waals surface area (Å²) in [5, 5.41) is 0.910. The first-order chi connectivity index (χ1) is 8.63. The number of carbonyl (C=O) groups excluding carboxylic acids is 1. The molecular weight excluding hydrogens is 296 g/mol. The molecule has 0 aliphatic carbocycles. The predicted octanol–water partition coefficient (Wildman–Crippen LogP) is 3.94. The van der Waals surface area contributed by atoms with Crippen LogP contribution in [0.15, 0.2) is 24.3 Å². The average molecular weight is 315 g/mol. The van der Waals surface area contributed by atoms with Crippen molar-refractivity contribution >= 4 is 21.9 Å². The molecule has 0 saturated heterocycles. The molecule has 0 bridgehead atoms. The molecule has 0 saturated carbocycles. The van der Waals surface area contributed by atoms with Crippen molar-refractivity contribution < 1.29 is 14.3 Å². The van der Waals surface area contributed by atoms with Crippen LogP contribution in [-0.2, 0) is 4.79 Å². The van der Waals surface area contributed by atoms with E-state index in [1.54, 1.807) is 12.1 Å². The first kappa shape index (κ1) is 15.0. The summed E-state index contributed by atoms with van der Waals surface area (Å²) in [5.74, 6) is 0.895. The molecule has 4 heteroatoms. The lowest BCUT2D eigenvalue weighted by Crippen LogP contribution is -2.11. The number of rotatable bonds is 7. The summed E-state index contributed by atoms with van der Waals surface area (Å²) in [7, 11) is 0. The summed E-state index contributed by atoms with van der Waals surface area (Å²) in [6.07, 6.45) is 2.29. The smallest absolute Gasteiger partial charge is 0.311 e. The summed E-state index contributed by atoms with van der Waals surface area (Å²) >= 11 is 3.33.